The van der Waals surface area contributed by atoms with E-state index in [1.807, 2.05) is 6.92 Å². The van der Waals surface area contributed by atoms with Crippen LogP contribution in [-0.4, -0.2) is 34.9 Å². The Balaban J connectivity index is 2.56. The van der Waals surface area contributed by atoms with Gasteiger partial charge in [0.2, 0.25) is 10.0 Å². The second-order valence-corrected chi connectivity index (χ2v) is 7.27. The van der Waals surface area contributed by atoms with Crippen molar-refractivity contribution in [3.63, 3.8) is 0 Å². The topological polar surface area (TPSA) is 81.4 Å². The first kappa shape index (κ1) is 15.0. The van der Waals surface area contributed by atoms with Crippen molar-refractivity contribution >= 4 is 10.0 Å². The molecule has 2 heterocycles. The molecule has 0 aliphatic carbocycles. The third-order valence-corrected chi connectivity index (χ3v) is 5.50. The van der Waals surface area contributed by atoms with Crippen molar-refractivity contribution in [1.29, 1.82) is 0 Å². The fourth-order valence-electron chi connectivity index (χ4n) is 2.46. The maximum atomic E-state index is 12.6. The largest absolute Gasteiger partial charge is 0.330 e. The Morgan fingerprint density at radius 1 is 1.25 bits per heavy atom. The van der Waals surface area contributed by atoms with Crippen molar-refractivity contribution in [2.45, 2.75) is 24.7 Å². The van der Waals surface area contributed by atoms with Crippen molar-refractivity contribution < 1.29 is 8.42 Å². The van der Waals surface area contributed by atoms with Gasteiger partial charge in [0, 0.05) is 33.4 Å². The van der Waals surface area contributed by atoms with Crippen LogP contribution in [0.15, 0.2) is 20.7 Å². The lowest BCUT2D eigenvalue weighted by Crippen LogP contribution is -2.45. The van der Waals surface area contributed by atoms with E-state index in [-0.39, 0.29) is 10.8 Å². The van der Waals surface area contributed by atoms with Crippen LogP contribution < -0.4 is 11.2 Å². The van der Waals surface area contributed by atoms with E-state index < -0.39 is 21.3 Å². The zero-order valence-corrected chi connectivity index (χ0v) is 12.7. The quantitative estimate of drug-likeness (QED) is 0.738. The van der Waals surface area contributed by atoms with Crippen molar-refractivity contribution in [3.8, 4) is 0 Å². The molecule has 1 fully saturated rings. The van der Waals surface area contributed by atoms with Crippen LogP contribution in [0.2, 0.25) is 0 Å². The fraction of sp³-hybridized carbons (Fsp3) is 0.667. The first-order valence-electron chi connectivity index (χ1n) is 6.52. The molecule has 1 unspecified atom stereocenters. The molecule has 0 radical (unpaired) electrons. The SMILES string of the molecule is CC1CCCN(S(=O)(=O)c2cn(C)c(=O)n(C)c2=O)C1. The predicted octanol–water partition coefficient (Wildman–Crippen LogP) is -0.495. The highest BCUT2D eigenvalue weighted by Crippen LogP contribution is 2.21. The summed E-state index contributed by atoms with van der Waals surface area (Å²) in [6.45, 7) is 2.81. The molecule has 1 aromatic rings. The third kappa shape index (κ3) is 2.45. The van der Waals surface area contributed by atoms with Crippen LogP contribution in [0.1, 0.15) is 19.8 Å². The molecular formula is C12H19N3O4S. The van der Waals surface area contributed by atoms with Gasteiger partial charge in [0.15, 0.2) is 4.90 Å². The zero-order chi connectivity index (χ0) is 15.1. The molecule has 2 rings (SSSR count). The van der Waals surface area contributed by atoms with E-state index in [0.717, 1.165) is 28.2 Å². The van der Waals surface area contributed by atoms with E-state index in [9.17, 15) is 18.0 Å². The summed E-state index contributed by atoms with van der Waals surface area (Å²) in [4.78, 5) is 23.3. The average molecular weight is 301 g/mol. The smallest absolute Gasteiger partial charge is 0.302 e. The van der Waals surface area contributed by atoms with Gasteiger partial charge in [-0.3, -0.25) is 9.36 Å². The molecule has 8 heteroatoms. The Morgan fingerprint density at radius 2 is 1.90 bits per heavy atom. The summed E-state index contributed by atoms with van der Waals surface area (Å²) in [5.74, 6) is 0.273. The van der Waals surface area contributed by atoms with Gasteiger partial charge in [-0.15, -0.1) is 0 Å². The monoisotopic (exact) mass is 301 g/mol. The minimum Gasteiger partial charge on any atom is -0.302 e. The maximum Gasteiger partial charge on any atom is 0.330 e. The lowest BCUT2D eigenvalue weighted by Gasteiger charge is -2.29. The van der Waals surface area contributed by atoms with E-state index in [1.165, 1.54) is 18.4 Å². The summed E-state index contributed by atoms with van der Waals surface area (Å²) in [5, 5.41) is 0. The molecule has 0 spiro atoms. The molecule has 0 N–H and O–H groups in total. The molecule has 1 aliphatic heterocycles. The minimum absolute atomic E-state index is 0.273. The number of nitrogens with zero attached hydrogens (tertiary/aromatic N) is 3. The molecule has 1 aromatic heterocycles. The van der Waals surface area contributed by atoms with Gasteiger partial charge in [0.1, 0.15) is 0 Å². The second kappa shape index (κ2) is 5.17. The van der Waals surface area contributed by atoms with Gasteiger partial charge in [-0.25, -0.2) is 13.2 Å². The Labute approximate surface area is 117 Å². The molecule has 0 amide bonds. The van der Waals surface area contributed by atoms with Gasteiger partial charge in [-0.1, -0.05) is 6.92 Å². The van der Waals surface area contributed by atoms with Gasteiger partial charge < -0.3 is 4.57 Å². The molecule has 112 valence electrons. The Hall–Kier alpha value is -1.41. The molecule has 7 nitrogen and oxygen atoms in total. The molecular weight excluding hydrogens is 282 g/mol. The van der Waals surface area contributed by atoms with E-state index in [2.05, 4.69) is 0 Å². The molecule has 1 saturated heterocycles. The molecule has 1 atom stereocenters. The predicted molar refractivity (Wildman–Crippen MR) is 74.1 cm³/mol. The average Bonchev–Trinajstić information content (AvgIpc) is 2.40. The summed E-state index contributed by atoms with van der Waals surface area (Å²) in [7, 11) is -1.14. The molecule has 0 aromatic carbocycles. The highest BCUT2D eigenvalue weighted by molar-refractivity contribution is 7.89. The highest BCUT2D eigenvalue weighted by atomic mass is 32.2. The number of hydrogen-bond acceptors (Lipinski definition) is 4. The first-order chi connectivity index (χ1) is 9.25. The van der Waals surface area contributed by atoms with Crippen molar-refractivity contribution in [2.24, 2.45) is 20.0 Å². The van der Waals surface area contributed by atoms with E-state index in [0.29, 0.717) is 13.1 Å². The van der Waals surface area contributed by atoms with Crippen molar-refractivity contribution in [3.05, 3.63) is 27.0 Å². The standard InChI is InChI=1S/C12H19N3O4S/c1-9-5-4-6-15(7-9)20(18,19)10-8-13(2)12(17)14(3)11(10)16/h8-9H,4-7H2,1-3H3. The van der Waals surface area contributed by atoms with Gasteiger partial charge in [0.25, 0.3) is 5.56 Å². The number of aromatic nitrogens is 2. The van der Waals surface area contributed by atoms with Gasteiger partial charge in [-0.05, 0) is 18.8 Å². The first-order valence-corrected chi connectivity index (χ1v) is 7.96. The van der Waals surface area contributed by atoms with Crippen molar-refractivity contribution in [1.82, 2.24) is 13.4 Å². The minimum atomic E-state index is -3.85. The van der Waals surface area contributed by atoms with E-state index in [4.69, 9.17) is 0 Å². The van der Waals surface area contributed by atoms with Crippen LogP contribution in [-0.2, 0) is 24.1 Å². The summed E-state index contributed by atoms with van der Waals surface area (Å²) < 4.78 is 28.4. The van der Waals surface area contributed by atoms with Crippen LogP contribution in [0.4, 0.5) is 0 Å². The lowest BCUT2D eigenvalue weighted by atomic mass is 10.0. The molecule has 20 heavy (non-hydrogen) atoms. The summed E-state index contributed by atoms with van der Waals surface area (Å²) in [6, 6.07) is 0. The van der Waals surface area contributed by atoms with Crippen molar-refractivity contribution in [2.75, 3.05) is 13.1 Å². The Bertz CT molecular complexity index is 732. The summed E-state index contributed by atoms with van der Waals surface area (Å²) >= 11 is 0. The molecule has 1 aliphatic rings. The number of aryl methyl sites for hydroxylation is 1. The number of rotatable bonds is 2. The van der Waals surface area contributed by atoms with Gasteiger partial charge in [0.05, 0.1) is 0 Å². The molecule has 0 saturated carbocycles. The van der Waals surface area contributed by atoms with Crippen LogP contribution in [0, 0.1) is 5.92 Å². The summed E-state index contributed by atoms with van der Waals surface area (Å²) in [6.07, 6.45) is 2.88. The van der Waals surface area contributed by atoms with E-state index >= 15 is 0 Å². The Kier molecular flexibility index (Phi) is 3.88. The fourth-order valence-corrected chi connectivity index (χ4v) is 4.20. The highest BCUT2D eigenvalue weighted by Gasteiger charge is 2.31. The molecule has 0 bridgehead atoms. The lowest BCUT2D eigenvalue weighted by molar-refractivity contribution is 0.280. The van der Waals surface area contributed by atoms with Crippen LogP contribution >= 0.6 is 0 Å². The third-order valence-electron chi connectivity index (χ3n) is 3.65. The zero-order valence-electron chi connectivity index (χ0n) is 11.9. The Morgan fingerprint density at radius 3 is 2.50 bits per heavy atom. The van der Waals surface area contributed by atoms with Crippen LogP contribution in [0.25, 0.3) is 0 Å². The van der Waals surface area contributed by atoms with Gasteiger partial charge in [-0.2, -0.15) is 4.31 Å². The number of sulfonamides is 1. The van der Waals surface area contributed by atoms with Crippen LogP contribution in [0.3, 0.4) is 0 Å². The number of piperidine rings is 1. The normalized spacial score (nSPS) is 21.1. The maximum absolute atomic E-state index is 12.6. The van der Waals surface area contributed by atoms with Crippen LogP contribution in [0.5, 0.6) is 0 Å². The summed E-state index contributed by atoms with van der Waals surface area (Å²) in [5.41, 5.74) is -1.31. The van der Waals surface area contributed by atoms with Gasteiger partial charge >= 0.3 is 5.69 Å². The number of hydrogen-bond donors (Lipinski definition) is 0. The second-order valence-electron chi connectivity index (χ2n) is 5.36. The van der Waals surface area contributed by atoms with E-state index in [1.54, 1.807) is 0 Å².